The van der Waals surface area contributed by atoms with Gasteiger partial charge in [0.25, 0.3) is 0 Å². The van der Waals surface area contributed by atoms with Gasteiger partial charge in [-0.25, -0.2) is 0 Å². The van der Waals surface area contributed by atoms with Gasteiger partial charge in [0.05, 0.1) is 4.91 Å². The monoisotopic (exact) mass is 294 g/mol. The van der Waals surface area contributed by atoms with Gasteiger partial charge in [-0.1, -0.05) is 42.1 Å². The van der Waals surface area contributed by atoms with Crippen LogP contribution in [0.5, 0.6) is 0 Å². The minimum atomic E-state index is -0.0999. The Morgan fingerprint density at radius 3 is 2.14 bits per heavy atom. The highest BCUT2D eigenvalue weighted by atomic mass is 32.2. The van der Waals surface area contributed by atoms with Crippen molar-refractivity contribution in [1.82, 2.24) is 0 Å². The lowest BCUT2D eigenvalue weighted by Crippen LogP contribution is -2.15. The third-order valence-electron chi connectivity index (χ3n) is 3.35. The topological polar surface area (TPSA) is 34.1 Å². The van der Waals surface area contributed by atoms with E-state index >= 15 is 0 Å². The standard InChI is InChI=1S/C18H14O2S/c1-11-7-12(2)9-13(8-11)21-17-10-16(19)14-5-3-4-6-15(14)18(17)20/h3-10H,1-2H3. The lowest BCUT2D eigenvalue weighted by molar-refractivity contribution is 0.0991. The van der Waals surface area contributed by atoms with Crippen LogP contribution in [0.2, 0.25) is 0 Å². The van der Waals surface area contributed by atoms with Gasteiger partial charge in [-0.05, 0) is 37.1 Å². The molecule has 0 amide bonds. The Morgan fingerprint density at radius 1 is 0.857 bits per heavy atom. The molecule has 0 radical (unpaired) electrons. The number of benzene rings is 2. The average Bonchev–Trinajstić information content (AvgIpc) is 2.43. The summed E-state index contributed by atoms with van der Waals surface area (Å²) in [5.74, 6) is -0.175. The number of allylic oxidation sites excluding steroid dienone is 2. The smallest absolute Gasteiger partial charge is 0.200 e. The van der Waals surface area contributed by atoms with Crippen LogP contribution in [0.25, 0.3) is 0 Å². The molecule has 21 heavy (non-hydrogen) atoms. The molecule has 0 unspecified atom stereocenters. The van der Waals surface area contributed by atoms with Crippen LogP contribution in [0.4, 0.5) is 0 Å². The second-order valence-electron chi connectivity index (χ2n) is 5.17. The Hall–Kier alpha value is -2.13. The van der Waals surface area contributed by atoms with Crippen molar-refractivity contribution in [2.45, 2.75) is 18.7 Å². The molecule has 2 aromatic carbocycles. The van der Waals surface area contributed by atoms with Crippen LogP contribution in [0.3, 0.4) is 0 Å². The number of hydrogen-bond acceptors (Lipinski definition) is 3. The van der Waals surface area contributed by atoms with Gasteiger partial charge in [-0.15, -0.1) is 0 Å². The fraction of sp³-hybridized carbons (Fsp3) is 0.111. The first-order valence-electron chi connectivity index (χ1n) is 6.70. The van der Waals surface area contributed by atoms with E-state index < -0.39 is 0 Å². The maximum absolute atomic E-state index is 12.5. The van der Waals surface area contributed by atoms with E-state index in [1.807, 2.05) is 26.0 Å². The fourth-order valence-corrected chi connectivity index (χ4v) is 3.60. The van der Waals surface area contributed by atoms with E-state index in [0.29, 0.717) is 16.0 Å². The summed E-state index contributed by atoms with van der Waals surface area (Å²) in [4.78, 5) is 26.1. The number of aryl methyl sites for hydroxylation is 2. The number of fused-ring (bicyclic) bond motifs is 1. The third kappa shape index (κ3) is 2.69. The number of Topliss-reactive ketones (excluding diaryl/α,β-unsaturated/α-hetero) is 1. The largest absolute Gasteiger partial charge is 0.289 e. The van der Waals surface area contributed by atoms with Crippen molar-refractivity contribution in [3.63, 3.8) is 0 Å². The molecule has 0 N–H and O–H groups in total. The van der Waals surface area contributed by atoms with E-state index in [9.17, 15) is 9.59 Å². The van der Waals surface area contributed by atoms with Crippen molar-refractivity contribution >= 4 is 23.3 Å². The van der Waals surface area contributed by atoms with Crippen molar-refractivity contribution in [2.24, 2.45) is 0 Å². The summed E-state index contributed by atoms with van der Waals surface area (Å²) in [6.07, 6.45) is 1.45. The van der Waals surface area contributed by atoms with E-state index in [0.717, 1.165) is 16.0 Å². The zero-order valence-electron chi connectivity index (χ0n) is 11.8. The summed E-state index contributed by atoms with van der Waals surface area (Å²) in [7, 11) is 0. The molecule has 2 nitrogen and oxygen atoms in total. The van der Waals surface area contributed by atoms with Gasteiger partial charge in [0.1, 0.15) is 0 Å². The van der Waals surface area contributed by atoms with Crippen LogP contribution < -0.4 is 0 Å². The Labute approximate surface area is 127 Å². The van der Waals surface area contributed by atoms with Crippen molar-refractivity contribution < 1.29 is 9.59 Å². The second kappa shape index (κ2) is 5.34. The molecule has 2 aromatic rings. The van der Waals surface area contributed by atoms with E-state index in [4.69, 9.17) is 0 Å². The SMILES string of the molecule is Cc1cc(C)cc(SC2=CC(=O)c3ccccc3C2=O)c1. The van der Waals surface area contributed by atoms with Gasteiger partial charge in [-0.3, -0.25) is 9.59 Å². The van der Waals surface area contributed by atoms with E-state index in [1.54, 1.807) is 24.3 Å². The first-order valence-corrected chi connectivity index (χ1v) is 7.52. The zero-order chi connectivity index (χ0) is 15.0. The maximum atomic E-state index is 12.5. The summed E-state index contributed by atoms with van der Waals surface area (Å²) in [5, 5.41) is 0. The number of carbonyl (C=O) groups is 2. The summed E-state index contributed by atoms with van der Waals surface area (Å²) in [6, 6.07) is 13.1. The molecule has 104 valence electrons. The number of rotatable bonds is 2. The van der Waals surface area contributed by atoms with Gasteiger partial charge >= 0.3 is 0 Å². The van der Waals surface area contributed by atoms with Crippen molar-refractivity contribution in [3.8, 4) is 0 Å². The Kier molecular flexibility index (Phi) is 3.52. The van der Waals surface area contributed by atoms with Crippen LogP contribution in [-0.2, 0) is 0 Å². The number of hydrogen-bond donors (Lipinski definition) is 0. The van der Waals surface area contributed by atoms with Crippen molar-refractivity contribution in [3.05, 3.63) is 75.7 Å². The first kappa shape index (κ1) is 13.8. The predicted molar refractivity (Wildman–Crippen MR) is 85.0 cm³/mol. The molecular formula is C18H14O2S. The molecule has 0 heterocycles. The van der Waals surface area contributed by atoms with Gasteiger partial charge in [0, 0.05) is 22.1 Å². The number of carbonyl (C=O) groups excluding carboxylic acids is 2. The molecule has 0 saturated heterocycles. The quantitative estimate of drug-likeness (QED) is 0.825. The normalized spacial score (nSPS) is 13.9. The highest BCUT2D eigenvalue weighted by Gasteiger charge is 2.25. The predicted octanol–water partition coefficient (Wildman–Crippen LogP) is 4.36. The van der Waals surface area contributed by atoms with Gasteiger partial charge in [0.15, 0.2) is 5.78 Å². The van der Waals surface area contributed by atoms with E-state index in [2.05, 4.69) is 6.07 Å². The van der Waals surface area contributed by atoms with Crippen LogP contribution in [-0.4, -0.2) is 11.6 Å². The molecule has 1 aliphatic carbocycles. The lowest BCUT2D eigenvalue weighted by atomic mass is 9.95. The minimum absolute atomic E-state index is 0.0747. The summed E-state index contributed by atoms with van der Waals surface area (Å²) >= 11 is 1.36. The molecule has 0 spiro atoms. The van der Waals surface area contributed by atoms with Gasteiger partial charge in [-0.2, -0.15) is 0 Å². The number of thioether (sulfide) groups is 1. The van der Waals surface area contributed by atoms with Crippen molar-refractivity contribution in [1.29, 1.82) is 0 Å². The Morgan fingerprint density at radius 2 is 1.48 bits per heavy atom. The molecule has 3 heteroatoms. The summed E-state index contributed by atoms with van der Waals surface area (Å²) in [5.41, 5.74) is 3.28. The molecular weight excluding hydrogens is 280 g/mol. The lowest BCUT2D eigenvalue weighted by Gasteiger charge is -2.14. The maximum Gasteiger partial charge on any atom is 0.200 e. The van der Waals surface area contributed by atoms with Crippen LogP contribution in [0, 0.1) is 13.8 Å². The highest BCUT2D eigenvalue weighted by molar-refractivity contribution is 8.04. The molecule has 0 fully saturated rings. The van der Waals surface area contributed by atoms with Crippen molar-refractivity contribution in [2.75, 3.05) is 0 Å². The molecule has 0 aromatic heterocycles. The average molecular weight is 294 g/mol. The van der Waals surface area contributed by atoms with Gasteiger partial charge in [0.2, 0.25) is 5.78 Å². The summed E-state index contributed by atoms with van der Waals surface area (Å²) < 4.78 is 0. The van der Waals surface area contributed by atoms with Crippen LogP contribution in [0.15, 0.2) is 58.3 Å². The van der Waals surface area contributed by atoms with Crippen LogP contribution in [0.1, 0.15) is 31.8 Å². The molecule has 1 aliphatic rings. The summed E-state index contributed by atoms with van der Waals surface area (Å²) in [6.45, 7) is 4.04. The zero-order valence-corrected chi connectivity index (χ0v) is 12.7. The molecule has 0 atom stereocenters. The van der Waals surface area contributed by atoms with E-state index in [-0.39, 0.29) is 11.6 Å². The minimum Gasteiger partial charge on any atom is -0.289 e. The molecule has 3 rings (SSSR count). The number of ketones is 2. The Balaban J connectivity index is 1.97. The van der Waals surface area contributed by atoms with E-state index in [1.165, 1.54) is 17.8 Å². The molecule has 0 bridgehead atoms. The first-order chi connectivity index (χ1) is 10.0. The Bertz CT molecular complexity index is 767. The van der Waals surface area contributed by atoms with Crippen LogP contribution >= 0.6 is 11.8 Å². The van der Waals surface area contributed by atoms with Gasteiger partial charge < -0.3 is 0 Å². The third-order valence-corrected chi connectivity index (χ3v) is 4.34. The fourth-order valence-electron chi connectivity index (χ4n) is 2.49. The highest BCUT2D eigenvalue weighted by Crippen LogP contribution is 2.34. The molecule has 0 aliphatic heterocycles. The second-order valence-corrected chi connectivity index (χ2v) is 6.29. The molecule has 0 saturated carbocycles.